The van der Waals surface area contributed by atoms with Crippen molar-refractivity contribution in [3.63, 3.8) is 0 Å². The SMILES string of the molecule is Cc1nc2ccccc2n1CCCOC(=O)C(C)OCCC(C)C. The van der Waals surface area contributed by atoms with Crippen molar-refractivity contribution in [2.75, 3.05) is 13.2 Å². The van der Waals surface area contributed by atoms with Gasteiger partial charge in [0.25, 0.3) is 0 Å². The number of imidazole rings is 1. The Hall–Kier alpha value is -1.88. The van der Waals surface area contributed by atoms with Crippen LogP contribution in [0.25, 0.3) is 11.0 Å². The molecule has 1 unspecified atom stereocenters. The van der Waals surface area contributed by atoms with Crippen molar-refractivity contribution in [2.45, 2.75) is 53.2 Å². The number of para-hydroxylation sites is 2. The van der Waals surface area contributed by atoms with Crippen LogP contribution in [0.15, 0.2) is 24.3 Å². The molecule has 2 rings (SSSR count). The summed E-state index contributed by atoms with van der Waals surface area (Å²) in [5.74, 6) is 1.26. The van der Waals surface area contributed by atoms with Gasteiger partial charge in [-0.2, -0.15) is 0 Å². The maximum Gasteiger partial charge on any atom is 0.334 e. The van der Waals surface area contributed by atoms with Crippen LogP contribution >= 0.6 is 0 Å². The Balaban J connectivity index is 1.74. The fourth-order valence-corrected chi connectivity index (χ4v) is 2.54. The van der Waals surface area contributed by atoms with E-state index in [2.05, 4.69) is 29.5 Å². The molecule has 132 valence electrons. The fourth-order valence-electron chi connectivity index (χ4n) is 2.54. The molecule has 0 fully saturated rings. The van der Waals surface area contributed by atoms with Crippen molar-refractivity contribution >= 4 is 17.0 Å². The second kappa shape index (κ2) is 8.83. The number of aryl methyl sites for hydroxylation is 2. The van der Waals surface area contributed by atoms with Gasteiger partial charge in [0.2, 0.25) is 0 Å². The van der Waals surface area contributed by atoms with Gasteiger partial charge in [-0.25, -0.2) is 9.78 Å². The molecule has 24 heavy (non-hydrogen) atoms. The largest absolute Gasteiger partial charge is 0.464 e. The van der Waals surface area contributed by atoms with Crippen LogP contribution in [0.4, 0.5) is 0 Å². The third-order valence-corrected chi connectivity index (χ3v) is 4.01. The third-order valence-electron chi connectivity index (χ3n) is 4.01. The molecule has 1 atom stereocenters. The van der Waals surface area contributed by atoms with E-state index in [1.54, 1.807) is 6.92 Å². The predicted octanol–water partition coefficient (Wildman–Crippen LogP) is 3.73. The number of carbonyl (C=O) groups is 1. The molecule has 1 aromatic carbocycles. The first kappa shape index (κ1) is 18.5. The second-order valence-corrected chi connectivity index (χ2v) is 6.52. The zero-order valence-corrected chi connectivity index (χ0v) is 15.1. The van der Waals surface area contributed by atoms with Crippen LogP contribution in [0, 0.1) is 12.8 Å². The summed E-state index contributed by atoms with van der Waals surface area (Å²) in [6.45, 7) is 9.77. The van der Waals surface area contributed by atoms with Crippen molar-refractivity contribution in [3.05, 3.63) is 30.1 Å². The summed E-state index contributed by atoms with van der Waals surface area (Å²) in [4.78, 5) is 16.4. The Morgan fingerprint density at radius 2 is 1.96 bits per heavy atom. The Bertz CT molecular complexity index is 664. The van der Waals surface area contributed by atoms with Crippen LogP contribution in [0.3, 0.4) is 0 Å². The molecule has 1 heterocycles. The summed E-state index contributed by atoms with van der Waals surface area (Å²) in [5.41, 5.74) is 2.12. The van der Waals surface area contributed by atoms with Gasteiger partial charge < -0.3 is 14.0 Å². The topological polar surface area (TPSA) is 53.4 Å². The first-order valence-corrected chi connectivity index (χ1v) is 8.69. The van der Waals surface area contributed by atoms with Gasteiger partial charge in [0.15, 0.2) is 6.10 Å². The van der Waals surface area contributed by atoms with Crippen LogP contribution in [-0.4, -0.2) is 34.8 Å². The molecule has 1 aromatic heterocycles. The molecule has 0 saturated heterocycles. The zero-order chi connectivity index (χ0) is 17.5. The summed E-state index contributed by atoms with van der Waals surface area (Å²) in [7, 11) is 0. The van der Waals surface area contributed by atoms with Crippen LogP contribution < -0.4 is 0 Å². The highest BCUT2D eigenvalue weighted by atomic mass is 16.6. The summed E-state index contributed by atoms with van der Waals surface area (Å²) < 4.78 is 13.0. The molecule has 0 aliphatic heterocycles. The lowest BCUT2D eigenvalue weighted by Gasteiger charge is -2.14. The number of benzene rings is 1. The number of rotatable bonds is 9. The van der Waals surface area contributed by atoms with Gasteiger partial charge in [0.1, 0.15) is 5.82 Å². The summed E-state index contributed by atoms with van der Waals surface area (Å²) >= 11 is 0. The second-order valence-electron chi connectivity index (χ2n) is 6.52. The van der Waals surface area contributed by atoms with Gasteiger partial charge in [0.05, 0.1) is 17.6 Å². The van der Waals surface area contributed by atoms with Crippen LogP contribution in [0.1, 0.15) is 39.4 Å². The van der Waals surface area contributed by atoms with Crippen LogP contribution in [0.2, 0.25) is 0 Å². The monoisotopic (exact) mass is 332 g/mol. The van der Waals surface area contributed by atoms with E-state index in [-0.39, 0.29) is 5.97 Å². The molecule has 0 saturated carbocycles. The maximum absolute atomic E-state index is 11.9. The number of fused-ring (bicyclic) bond motifs is 1. The maximum atomic E-state index is 11.9. The lowest BCUT2D eigenvalue weighted by atomic mass is 10.1. The summed E-state index contributed by atoms with van der Waals surface area (Å²) in [5, 5.41) is 0. The normalized spacial score (nSPS) is 12.7. The molecule has 2 aromatic rings. The van der Waals surface area contributed by atoms with Gasteiger partial charge in [0, 0.05) is 13.2 Å². The standard InChI is InChI=1S/C19H28N2O3/c1-14(2)10-13-23-15(3)19(22)24-12-7-11-21-16(4)20-17-8-5-6-9-18(17)21/h5-6,8-9,14-15H,7,10-13H2,1-4H3. The van der Waals surface area contributed by atoms with Crippen molar-refractivity contribution in [3.8, 4) is 0 Å². The van der Waals surface area contributed by atoms with Gasteiger partial charge in [-0.05, 0) is 44.7 Å². The number of nitrogens with zero attached hydrogens (tertiary/aromatic N) is 2. The lowest BCUT2D eigenvalue weighted by molar-refractivity contribution is -0.156. The highest BCUT2D eigenvalue weighted by molar-refractivity contribution is 5.76. The molecule has 0 aliphatic rings. The average Bonchev–Trinajstić information content (AvgIpc) is 2.86. The number of carbonyl (C=O) groups excluding carboxylic acids is 1. The summed E-state index contributed by atoms with van der Waals surface area (Å²) in [6.07, 6.45) is 1.20. The van der Waals surface area contributed by atoms with Crippen molar-refractivity contribution in [1.82, 2.24) is 9.55 Å². The highest BCUT2D eigenvalue weighted by Crippen LogP contribution is 2.15. The summed E-state index contributed by atoms with van der Waals surface area (Å²) in [6, 6.07) is 8.07. The number of aromatic nitrogens is 2. The molecular formula is C19H28N2O3. The van der Waals surface area contributed by atoms with Crippen molar-refractivity contribution in [2.24, 2.45) is 5.92 Å². The van der Waals surface area contributed by atoms with E-state index >= 15 is 0 Å². The quantitative estimate of drug-likeness (QED) is 0.519. The first-order valence-electron chi connectivity index (χ1n) is 8.69. The molecule has 5 nitrogen and oxygen atoms in total. The molecule has 0 aliphatic carbocycles. The van der Waals surface area contributed by atoms with Crippen molar-refractivity contribution < 1.29 is 14.3 Å². The van der Waals surface area contributed by atoms with E-state index in [4.69, 9.17) is 9.47 Å². The van der Waals surface area contributed by atoms with E-state index in [1.807, 2.05) is 25.1 Å². The Labute approximate surface area is 144 Å². The number of hydrogen-bond donors (Lipinski definition) is 0. The van der Waals surface area contributed by atoms with E-state index in [9.17, 15) is 4.79 Å². The van der Waals surface area contributed by atoms with Gasteiger partial charge >= 0.3 is 5.97 Å². The van der Waals surface area contributed by atoms with Gasteiger partial charge in [-0.3, -0.25) is 0 Å². The third kappa shape index (κ3) is 5.06. The van der Waals surface area contributed by atoms with E-state index in [1.165, 1.54) is 0 Å². The van der Waals surface area contributed by atoms with E-state index in [0.29, 0.717) is 19.1 Å². The Kier molecular flexibility index (Phi) is 6.79. The Morgan fingerprint density at radius 3 is 2.71 bits per heavy atom. The van der Waals surface area contributed by atoms with Crippen LogP contribution in [-0.2, 0) is 20.8 Å². The van der Waals surface area contributed by atoms with Crippen molar-refractivity contribution in [1.29, 1.82) is 0 Å². The number of ether oxygens (including phenoxy) is 2. The average molecular weight is 332 g/mol. The first-order chi connectivity index (χ1) is 11.5. The molecule has 0 amide bonds. The van der Waals surface area contributed by atoms with Gasteiger partial charge in [-0.15, -0.1) is 0 Å². The minimum atomic E-state index is -0.500. The molecule has 0 N–H and O–H groups in total. The minimum Gasteiger partial charge on any atom is -0.464 e. The molecule has 0 bridgehead atoms. The molecule has 5 heteroatoms. The smallest absolute Gasteiger partial charge is 0.334 e. The number of esters is 1. The zero-order valence-electron chi connectivity index (χ0n) is 15.1. The van der Waals surface area contributed by atoms with E-state index < -0.39 is 6.10 Å². The number of hydrogen-bond acceptors (Lipinski definition) is 4. The van der Waals surface area contributed by atoms with E-state index in [0.717, 1.165) is 36.2 Å². The Morgan fingerprint density at radius 1 is 1.21 bits per heavy atom. The fraction of sp³-hybridized carbons (Fsp3) is 0.579. The lowest BCUT2D eigenvalue weighted by Crippen LogP contribution is -2.24. The minimum absolute atomic E-state index is 0.286. The molecule has 0 radical (unpaired) electrons. The highest BCUT2D eigenvalue weighted by Gasteiger charge is 2.15. The molecular weight excluding hydrogens is 304 g/mol. The predicted molar refractivity (Wildman–Crippen MR) is 94.9 cm³/mol. The van der Waals surface area contributed by atoms with Gasteiger partial charge in [-0.1, -0.05) is 26.0 Å². The van der Waals surface area contributed by atoms with Crippen LogP contribution in [0.5, 0.6) is 0 Å². The molecule has 0 spiro atoms.